The summed E-state index contributed by atoms with van der Waals surface area (Å²) >= 11 is 0. The van der Waals surface area contributed by atoms with Gasteiger partial charge in [-0.05, 0) is 31.5 Å². The van der Waals surface area contributed by atoms with Crippen molar-refractivity contribution in [3.63, 3.8) is 0 Å². The molecule has 0 aliphatic heterocycles. The van der Waals surface area contributed by atoms with Gasteiger partial charge >= 0.3 is 0 Å². The number of anilines is 1. The van der Waals surface area contributed by atoms with E-state index in [1.165, 1.54) is 11.3 Å². The van der Waals surface area contributed by atoms with Gasteiger partial charge < -0.3 is 15.0 Å². The fourth-order valence-corrected chi connectivity index (χ4v) is 2.06. The molecular formula is C12H16N2O. The predicted molar refractivity (Wildman–Crippen MR) is 63.4 cm³/mol. The van der Waals surface area contributed by atoms with Crippen LogP contribution in [0.25, 0.3) is 10.9 Å². The molecule has 1 aromatic heterocycles. The molecule has 0 unspecified atom stereocenters. The molecule has 1 heterocycles. The standard InChI is InChI=1S/C12H16N2O/c1-7-8(2)14(3)10-6-5-9(13)12(15-4)11(7)10/h5-6H,13H2,1-4H3. The lowest BCUT2D eigenvalue weighted by Gasteiger charge is -2.06. The average molecular weight is 204 g/mol. The highest BCUT2D eigenvalue weighted by atomic mass is 16.5. The highest BCUT2D eigenvalue weighted by Gasteiger charge is 2.14. The number of nitrogens with two attached hydrogens (primary N) is 1. The van der Waals surface area contributed by atoms with E-state index in [1.54, 1.807) is 7.11 Å². The molecule has 2 aromatic rings. The lowest BCUT2D eigenvalue weighted by atomic mass is 10.1. The minimum absolute atomic E-state index is 0.693. The number of nitrogens with zero attached hydrogens (tertiary/aromatic N) is 1. The molecule has 3 heteroatoms. The number of hydrogen-bond acceptors (Lipinski definition) is 2. The zero-order valence-corrected chi connectivity index (χ0v) is 9.59. The van der Waals surface area contributed by atoms with Crippen molar-refractivity contribution in [3.05, 3.63) is 23.4 Å². The second-order valence-corrected chi connectivity index (χ2v) is 3.85. The van der Waals surface area contributed by atoms with Crippen molar-refractivity contribution in [3.8, 4) is 5.75 Å². The van der Waals surface area contributed by atoms with Crippen molar-refractivity contribution in [2.24, 2.45) is 7.05 Å². The first kappa shape index (κ1) is 9.90. The molecule has 0 atom stereocenters. The molecule has 0 fully saturated rings. The van der Waals surface area contributed by atoms with Crippen molar-refractivity contribution in [1.82, 2.24) is 4.57 Å². The van der Waals surface area contributed by atoms with E-state index in [9.17, 15) is 0 Å². The largest absolute Gasteiger partial charge is 0.494 e. The predicted octanol–water partition coefficient (Wildman–Crippen LogP) is 2.39. The van der Waals surface area contributed by atoms with Gasteiger partial charge in [0.2, 0.25) is 0 Å². The van der Waals surface area contributed by atoms with E-state index < -0.39 is 0 Å². The molecule has 2 rings (SSSR count). The third-order valence-electron chi connectivity index (χ3n) is 3.15. The van der Waals surface area contributed by atoms with Crippen LogP contribution in [0.1, 0.15) is 11.3 Å². The van der Waals surface area contributed by atoms with Gasteiger partial charge in [-0.1, -0.05) is 0 Å². The monoisotopic (exact) mass is 204 g/mol. The second-order valence-electron chi connectivity index (χ2n) is 3.85. The zero-order valence-electron chi connectivity index (χ0n) is 9.59. The Morgan fingerprint density at radius 3 is 2.53 bits per heavy atom. The zero-order chi connectivity index (χ0) is 11.2. The van der Waals surface area contributed by atoms with Gasteiger partial charge in [-0.15, -0.1) is 0 Å². The Balaban J connectivity index is 2.98. The Bertz CT molecular complexity index is 526. The van der Waals surface area contributed by atoms with E-state index in [2.05, 4.69) is 25.5 Å². The Morgan fingerprint density at radius 2 is 1.93 bits per heavy atom. The molecule has 0 aliphatic carbocycles. The summed E-state index contributed by atoms with van der Waals surface area (Å²) < 4.78 is 7.53. The highest BCUT2D eigenvalue weighted by molar-refractivity contribution is 5.95. The molecule has 3 nitrogen and oxygen atoms in total. The van der Waals surface area contributed by atoms with E-state index in [1.807, 2.05) is 12.1 Å². The van der Waals surface area contributed by atoms with Gasteiger partial charge in [-0.25, -0.2) is 0 Å². The summed E-state index contributed by atoms with van der Waals surface area (Å²) in [5, 5.41) is 1.12. The van der Waals surface area contributed by atoms with Crippen LogP contribution in [0.15, 0.2) is 12.1 Å². The number of benzene rings is 1. The van der Waals surface area contributed by atoms with Crippen molar-refractivity contribution < 1.29 is 4.74 Å². The Kier molecular flexibility index (Phi) is 2.11. The van der Waals surface area contributed by atoms with Gasteiger partial charge in [0.05, 0.1) is 18.3 Å². The normalized spacial score (nSPS) is 10.9. The first-order valence-corrected chi connectivity index (χ1v) is 4.96. The van der Waals surface area contributed by atoms with E-state index in [-0.39, 0.29) is 0 Å². The first-order valence-electron chi connectivity index (χ1n) is 4.96. The summed E-state index contributed by atoms with van der Waals surface area (Å²) in [5.41, 5.74) is 10.2. The summed E-state index contributed by atoms with van der Waals surface area (Å²) in [7, 11) is 3.72. The second kappa shape index (κ2) is 3.19. The van der Waals surface area contributed by atoms with Crippen LogP contribution >= 0.6 is 0 Å². The summed E-state index contributed by atoms with van der Waals surface area (Å²) in [4.78, 5) is 0. The van der Waals surface area contributed by atoms with Gasteiger partial charge in [0.15, 0.2) is 5.75 Å². The quantitative estimate of drug-likeness (QED) is 0.724. The molecule has 0 spiro atoms. The van der Waals surface area contributed by atoms with E-state index in [0.717, 1.165) is 16.7 Å². The minimum Gasteiger partial charge on any atom is -0.494 e. The number of aryl methyl sites for hydroxylation is 2. The van der Waals surface area contributed by atoms with Crippen LogP contribution in [0.3, 0.4) is 0 Å². The van der Waals surface area contributed by atoms with E-state index in [0.29, 0.717) is 5.69 Å². The molecule has 0 radical (unpaired) electrons. The number of aromatic nitrogens is 1. The van der Waals surface area contributed by atoms with Crippen LogP contribution in [0.5, 0.6) is 5.75 Å². The summed E-state index contributed by atoms with van der Waals surface area (Å²) in [6.07, 6.45) is 0. The fraction of sp³-hybridized carbons (Fsp3) is 0.333. The highest BCUT2D eigenvalue weighted by Crippen LogP contribution is 2.36. The molecule has 0 amide bonds. The molecular weight excluding hydrogens is 188 g/mol. The first-order chi connectivity index (χ1) is 7.07. The fourth-order valence-electron chi connectivity index (χ4n) is 2.06. The Labute approximate surface area is 89.4 Å². The summed E-state index contributed by atoms with van der Waals surface area (Å²) in [5.74, 6) is 0.786. The van der Waals surface area contributed by atoms with Crippen molar-refractivity contribution >= 4 is 16.6 Å². The van der Waals surface area contributed by atoms with E-state index >= 15 is 0 Å². The molecule has 0 aliphatic rings. The maximum absolute atomic E-state index is 5.89. The van der Waals surface area contributed by atoms with E-state index in [4.69, 9.17) is 10.5 Å². The molecule has 80 valence electrons. The lowest BCUT2D eigenvalue weighted by Crippen LogP contribution is -1.94. The molecule has 1 aromatic carbocycles. The molecule has 0 bridgehead atoms. The summed E-state index contributed by atoms with van der Waals surface area (Å²) in [6, 6.07) is 3.92. The topological polar surface area (TPSA) is 40.2 Å². The van der Waals surface area contributed by atoms with Crippen molar-refractivity contribution in [1.29, 1.82) is 0 Å². The Morgan fingerprint density at radius 1 is 1.27 bits per heavy atom. The molecule has 0 saturated heterocycles. The van der Waals surface area contributed by atoms with Gasteiger partial charge in [-0.2, -0.15) is 0 Å². The maximum atomic E-state index is 5.89. The SMILES string of the molecule is COc1c(N)ccc2c1c(C)c(C)n2C. The smallest absolute Gasteiger partial charge is 0.151 e. The number of ether oxygens (including phenoxy) is 1. The number of fused-ring (bicyclic) bond motifs is 1. The van der Waals surface area contributed by atoms with Crippen LogP contribution < -0.4 is 10.5 Å². The molecule has 0 saturated carbocycles. The molecule has 2 N–H and O–H groups in total. The minimum atomic E-state index is 0.693. The third kappa shape index (κ3) is 1.19. The number of nitrogen functional groups attached to an aromatic ring is 1. The van der Waals surface area contributed by atoms with Crippen molar-refractivity contribution in [2.75, 3.05) is 12.8 Å². The van der Waals surface area contributed by atoms with Gasteiger partial charge in [0.25, 0.3) is 0 Å². The lowest BCUT2D eigenvalue weighted by molar-refractivity contribution is 0.422. The maximum Gasteiger partial charge on any atom is 0.151 e. The summed E-state index contributed by atoms with van der Waals surface area (Å²) in [6.45, 7) is 4.20. The van der Waals surface area contributed by atoms with Gasteiger partial charge in [0.1, 0.15) is 0 Å². The van der Waals surface area contributed by atoms with Crippen molar-refractivity contribution in [2.45, 2.75) is 13.8 Å². The number of methoxy groups -OCH3 is 1. The van der Waals surface area contributed by atoms with Crippen LogP contribution in [0.2, 0.25) is 0 Å². The number of hydrogen-bond donors (Lipinski definition) is 1. The average Bonchev–Trinajstić information content (AvgIpc) is 2.44. The number of rotatable bonds is 1. The van der Waals surface area contributed by atoms with Gasteiger partial charge in [0, 0.05) is 18.1 Å². The van der Waals surface area contributed by atoms with Crippen LogP contribution in [-0.4, -0.2) is 11.7 Å². The third-order valence-corrected chi connectivity index (χ3v) is 3.15. The Hall–Kier alpha value is -1.64. The van der Waals surface area contributed by atoms with Crippen LogP contribution in [0.4, 0.5) is 5.69 Å². The van der Waals surface area contributed by atoms with Gasteiger partial charge in [-0.3, -0.25) is 0 Å². The molecule has 15 heavy (non-hydrogen) atoms. The van der Waals surface area contributed by atoms with Crippen LogP contribution in [-0.2, 0) is 7.05 Å². The van der Waals surface area contributed by atoms with Crippen LogP contribution in [0, 0.1) is 13.8 Å².